The molecule has 0 aliphatic carbocycles. The van der Waals surface area contributed by atoms with Gasteiger partial charge in [0, 0.05) is 6.42 Å². The number of carboxylic acid groups (broad SMARTS) is 1. The van der Waals surface area contributed by atoms with Crippen molar-refractivity contribution in [3.05, 3.63) is 70.9 Å². The lowest BCUT2D eigenvalue weighted by molar-refractivity contribution is 0.0698. The Morgan fingerprint density at radius 3 is 2.62 bits per heavy atom. The molecule has 1 N–H and O–H groups in total. The monoisotopic (exact) mass is 388 g/mol. The number of aromatic nitrogens is 2. The highest BCUT2D eigenvalue weighted by Crippen LogP contribution is 2.33. The average Bonchev–Trinajstić information content (AvgIpc) is 3.03. The van der Waals surface area contributed by atoms with Crippen molar-refractivity contribution in [2.75, 3.05) is 4.31 Å². The summed E-state index contributed by atoms with van der Waals surface area (Å²) in [5, 5.41) is 9.43. The third-order valence-corrected chi connectivity index (χ3v) is 4.92. The second-order valence-corrected chi connectivity index (χ2v) is 6.86. The van der Waals surface area contributed by atoms with Gasteiger partial charge in [-0.15, -0.1) is 0 Å². The summed E-state index contributed by atoms with van der Waals surface area (Å²) in [6.07, 6.45) is 0.384. The minimum atomic E-state index is -2.76. The van der Waals surface area contributed by atoms with Crippen LogP contribution in [-0.4, -0.2) is 28.6 Å². The first-order valence-corrected chi connectivity index (χ1v) is 9.32. The first kappa shape index (κ1) is 18.2. The van der Waals surface area contributed by atoms with Gasteiger partial charge in [0.25, 0.3) is 0 Å². The molecule has 0 saturated carbocycles. The highest BCUT2D eigenvalue weighted by atomic mass is 32.2. The smallest absolute Gasteiger partial charge is 0.337 e. The molecular formula is C17H14N3O4S2-. The minimum absolute atomic E-state index is 0.0350. The Kier molecular flexibility index (Phi) is 5.40. The number of aromatic carboxylic acids is 1. The van der Waals surface area contributed by atoms with Gasteiger partial charge in [0.15, 0.2) is 5.82 Å². The average molecular weight is 388 g/mol. The summed E-state index contributed by atoms with van der Waals surface area (Å²) in [7, 11) is 0. The number of carbonyl (C=O) groups is 1. The summed E-state index contributed by atoms with van der Waals surface area (Å²) in [5.74, 6) is -1.11. The lowest BCUT2D eigenvalue weighted by Gasteiger charge is -2.26. The summed E-state index contributed by atoms with van der Waals surface area (Å²) in [5.41, 5.74) is 2.04. The fourth-order valence-corrected chi connectivity index (χ4v) is 3.71. The molecule has 9 heteroatoms. The maximum Gasteiger partial charge on any atom is 0.337 e. The van der Waals surface area contributed by atoms with Crippen molar-refractivity contribution in [1.29, 1.82) is 0 Å². The van der Waals surface area contributed by atoms with Crippen LogP contribution in [0.25, 0.3) is 0 Å². The lowest BCUT2D eigenvalue weighted by atomic mass is 10.1. The zero-order valence-electron chi connectivity index (χ0n) is 13.7. The van der Waals surface area contributed by atoms with Gasteiger partial charge in [-0.25, -0.2) is 4.79 Å². The topological polar surface area (TPSA) is 106 Å². The van der Waals surface area contributed by atoms with Crippen LogP contribution >= 0.6 is 11.7 Å². The van der Waals surface area contributed by atoms with Crippen LogP contribution in [0.15, 0.2) is 48.5 Å². The maximum absolute atomic E-state index is 12.0. The van der Waals surface area contributed by atoms with Gasteiger partial charge in [-0.05, 0) is 30.2 Å². The standard InChI is InChI=1S/C17H15N3O4S2/c1-11-7-8-13(17(21)22)15(9-11)20(26(23)24)16-14(18-25-19-16)10-12-5-3-2-4-6-12/h2-9H,10H2,1H3,(H,21,22)(H,23,24)/p-1. The number of aryl methyl sites for hydroxylation is 1. The summed E-state index contributed by atoms with van der Waals surface area (Å²) in [6, 6.07) is 13.9. The molecule has 0 fully saturated rings. The molecular weight excluding hydrogens is 374 g/mol. The molecule has 2 aromatic carbocycles. The maximum atomic E-state index is 12.0. The number of rotatable bonds is 6. The Bertz CT molecular complexity index is 960. The van der Waals surface area contributed by atoms with Gasteiger partial charge in [0.2, 0.25) is 0 Å². The molecule has 7 nitrogen and oxygen atoms in total. The van der Waals surface area contributed by atoms with E-state index in [4.69, 9.17) is 0 Å². The fourth-order valence-electron chi connectivity index (χ4n) is 2.51. The van der Waals surface area contributed by atoms with E-state index in [9.17, 15) is 18.7 Å². The van der Waals surface area contributed by atoms with E-state index in [1.807, 2.05) is 30.3 Å². The van der Waals surface area contributed by atoms with E-state index in [0.29, 0.717) is 12.1 Å². The molecule has 0 spiro atoms. The van der Waals surface area contributed by atoms with Crippen molar-refractivity contribution in [3.63, 3.8) is 0 Å². The SMILES string of the molecule is Cc1ccc(C(=O)O)c(N(c2nsnc2Cc2ccccc2)S(=O)[O-])c1. The fraction of sp³-hybridized carbons (Fsp3) is 0.118. The van der Waals surface area contributed by atoms with E-state index in [1.54, 1.807) is 13.0 Å². The summed E-state index contributed by atoms with van der Waals surface area (Å²) < 4.78 is 33.1. The van der Waals surface area contributed by atoms with Gasteiger partial charge < -0.3 is 9.66 Å². The van der Waals surface area contributed by atoms with Crippen molar-refractivity contribution >= 4 is 40.5 Å². The van der Waals surface area contributed by atoms with Crippen LogP contribution in [0.2, 0.25) is 0 Å². The molecule has 0 aliphatic heterocycles. The zero-order valence-corrected chi connectivity index (χ0v) is 15.3. The number of nitrogens with zero attached hydrogens (tertiary/aromatic N) is 3. The number of hydrogen-bond donors (Lipinski definition) is 1. The molecule has 26 heavy (non-hydrogen) atoms. The minimum Gasteiger partial charge on any atom is -0.755 e. The van der Waals surface area contributed by atoms with Crippen molar-refractivity contribution < 1.29 is 18.7 Å². The summed E-state index contributed by atoms with van der Waals surface area (Å²) >= 11 is -1.88. The molecule has 0 aliphatic rings. The molecule has 1 unspecified atom stereocenters. The van der Waals surface area contributed by atoms with Crippen molar-refractivity contribution in [2.45, 2.75) is 13.3 Å². The summed E-state index contributed by atoms with van der Waals surface area (Å²) in [6.45, 7) is 1.76. The number of carboxylic acids is 1. The van der Waals surface area contributed by atoms with Crippen LogP contribution in [0.4, 0.5) is 11.5 Å². The predicted octanol–water partition coefficient (Wildman–Crippen LogP) is 3.07. The second-order valence-electron chi connectivity index (χ2n) is 5.53. The Morgan fingerprint density at radius 2 is 1.96 bits per heavy atom. The van der Waals surface area contributed by atoms with E-state index in [-0.39, 0.29) is 17.1 Å². The van der Waals surface area contributed by atoms with Crippen molar-refractivity contribution in [3.8, 4) is 0 Å². The van der Waals surface area contributed by atoms with Crippen molar-refractivity contribution in [2.24, 2.45) is 0 Å². The number of benzene rings is 2. The van der Waals surface area contributed by atoms with Gasteiger partial charge in [0.1, 0.15) is 5.69 Å². The highest BCUT2D eigenvalue weighted by molar-refractivity contribution is 7.81. The molecule has 1 heterocycles. The molecule has 1 atom stereocenters. The van der Waals surface area contributed by atoms with Crippen molar-refractivity contribution in [1.82, 2.24) is 8.75 Å². The molecule has 1 aromatic heterocycles. The third-order valence-electron chi connectivity index (χ3n) is 3.69. The highest BCUT2D eigenvalue weighted by Gasteiger charge is 2.24. The Balaban J connectivity index is 2.09. The molecule has 3 aromatic rings. The largest absolute Gasteiger partial charge is 0.755 e. The molecule has 0 saturated heterocycles. The molecule has 0 radical (unpaired) electrons. The van der Waals surface area contributed by atoms with Gasteiger partial charge in [0.05, 0.1) is 34.2 Å². The van der Waals surface area contributed by atoms with Crippen LogP contribution in [0, 0.1) is 6.92 Å². The first-order chi connectivity index (χ1) is 12.5. The Hall–Kier alpha value is -2.62. The Morgan fingerprint density at radius 1 is 1.23 bits per heavy atom. The summed E-state index contributed by atoms with van der Waals surface area (Å²) in [4.78, 5) is 11.5. The zero-order chi connectivity index (χ0) is 18.7. The van der Waals surface area contributed by atoms with E-state index >= 15 is 0 Å². The van der Waals surface area contributed by atoms with Crippen LogP contribution < -0.4 is 4.31 Å². The van der Waals surface area contributed by atoms with E-state index in [0.717, 1.165) is 27.2 Å². The molecule has 134 valence electrons. The van der Waals surface area contributed by atoms with Crippen LogP contribution in [0.5, 0.6) is 0 Å². The second kappa shape index (κ2) is 7.73. The third kappa shape index (κ3) is 3.79. The molecule has 0 bridgehead atoms. The van der Waals surface area contributed by atoms with Gasteiger partial charge in [-0.3, -0.25) is 8.51 Å². The van der Waals surface area contributed by atoms with Crippen LogP contribution in [0.3, 0.4) is 0 Å². The van der Waals surface area contributed by atoms with Crippen LogP contribution in [-0.2, 0) is 17.7 Å². The Labute approximate surface area is 156 Å². The quantitative estimate of drug-likeness (QED) is 0.651. The van der Waals surface area contributed by atoms with E-state index in [2.05, 4.69) is 8.75 Å². The van der Waals surface area contributed by atoms with E-state index < -0.39 is 17.2 Å². The van der Waals surface area contributed by atoms with Gasteiger partial charge in [-0.2, -0.15) is 8.75 Å². The predicted molar refractivity (Wildman–Crippen MR) is 98.4 cm³/mol. The van der Waals surface area contributed by atoms with Crippen LogP contribution in [0.1, 0.15) is 27.2 Å². The first-order valence-electron chi connectivity index (χ1n) is 7.56. The van der Waals surface area contributed by atoms with Gasteiger partial charge in [-0.1, -0.05) is 36.4 Å². The number of hydrogen-bond acceptors (Lipinski definition) is 6. The molecule has 0 amide bonds. The normalized spacial score (nSPS) is 11.9. The lowest BCUT2D eigenvalue weighted by Crippen LogP contribution is -2.23. The number of anilines is 2. The van der Waals surface area contributed by atoms with Gasteiger partial charge >= 0.3 is 5.97 Å². The van der Waals surface area contributed by atoms with E-state index in [1.165, 1.54) is 12.1 Å². The molecule has 3 rings (SSSR count).